The number of nitrogen functional groups attached to an aromatic ring is 1. The third-order valence-corrected chi connectivity index (χ3v) is 3.12. The first kappa shape index (κ1) is 21.8. The molecule has 1 rings (SSSR count). The molecule has 1 amide bonds. The van der Waals surface area contributed by atoms with E-state index in [0.29, 0.717) is 12.8 Å². The van der Waals surface area contributed by atoms with Gasteiger partial charge in [0.25, 0.3) is 0 Å². The van der Waals surface area contributed by atoms with Crippen molar-refractivity contribution in [3.05, 3.63) is 23.3 Å². The van der Waals surface area contributed by atoms with Crippen molar-refractivity contribution >= 4 is 23.4 Å². The van der Waals surface area contributed by atoms with Crippen molar-refractivity contribution in [2.45, 2.75) is 65.6 Å². The zero-order valence-corrected chi connectivity index (χ0v) is 16.4. The van der Waals surface area contributed by atoms with Crippen LogP contribution in [0.3, 0.4) is 0 Å². The monoisotopic (exact) mass is 366 g/mol. The number of carbonyl (C=O) groups is 2. The highest BCUT2D eigenvalue weighted by Gasteiger charge is 2.23. The number of anilines is 2. The van der Waals surface area contributed by atoms with Crippen molar-refractivity contribution in [1.29, 1.82) is 0 Å². The van der Waals surface area contributed by atoms with Gasteiger partial charge in [0.2, 0.25) is 0 Å². The Morgan fingerprint density at radius 1 is 1.08 bits per heavy atom. The zero-order valence-electron chi connectivity index (χ0n) is 16.4. The van der Waals surface area contributed by atoms with Crippen molar-refractivity contribution in [1.82, 2.24) is 0 Å². The highest BCUT2D eigenvalue weighted by Crippen LogP contribution is 2.28. The van der Waals surface area contributed by atoms with Crippen LogP contribution in [0.15, 0.2) is 12.1 Å². The molecule has 7 heteroatoms. The van der Waals surface area contributed by atoms with Crippen LogP contribution >= 0.6 is 0 Å². The quantitative estimate of drug-likeness (QED) is 0.543. The Bertz CT molecular complexity index is 657. The fraction of sp³-hybridized carbons (Fsp3) is 0.579. The fourth-order valence-electron chi connectivity index (χ4n) is 2.16. The van der Waals surface area contributed by atoms with Gasteiger partial charge < -0.3 is 20.3 Å². The van der Waals surface area contributed by atoms with E-state index in [9.17, 15) is 9.59 Å². The molecule has 0 saturated carbocycles. The molecule has 0 saturated heterocycles. The van der Waals surface area contributed by atoms with E-state index in [1.807, 2.05) is 0 Å². The summed E-state index contributed by atoms with van der Waals surface area (Å²) in [6.45, 7) is 10.5. The highest BCUT2D eigenvalue weighted by atomic mass is 16.6. The SMILES string of the molecule is CC(C)(C)OC(=O)Nc1cc(CCCO)cc(C(=O)OC(C)(C)C)c1N. The van der Waals surface area contributed by atoms with Crippen LogP contribution in [0.5, 0.6) is 0 Å². The van der Waals surface area contributed by atoms with Crippen molar-refractivity contribution in [2.24, 2.45) is 0 Å². The molecule has 0 unspecified atom stereocenters. The van der Waals surface area contributed by atoms with Gasteiger partial charge in [-0.2, -0.15) is 0 Å². The fourth-order valence-corrected chi connectivity index (χ4v) is 2.16. The molecule has 0 aromatic heterocycles. The van der Waals surface area contributed by atoms with Gasteiger partial charge in [-0.05, 0) is 72.1 Å². The van der Waals surface area contributed by atoms with E-state index < -0.39 is 23.3 Å². The van der Waals surface area contributed by atoms with Crippen LogP contribution in [0.4, 0.5) is 16.2 Å². The second kappa shape index (κ2) is 8.40. The average molecular weight is 366 g/mol. The van der Waals surface area contributed by atoms with E-state index in [1.165, 1.54) is 0 Å². The molecule has 146 valence electrons. The largest absolute Gasteiger partial charge is 0.456 e. The van der Waals surface area contributed by atoms with Crippen LogP contribution in [0.2, 0.25) is 0 Å². The summed E-state index contributed by atoms with van der Waals surface area (Å²) in [7, 11) is 0. The van der Waals surface area contributed by atoms with Gasteiger partial charge in [0.05, 0.1) is 16.9 Å². The third-order valence-electron chi connectivity index (χ3n) is 3.12. The number of benzene rings is 1. The number of esters is 1. The first-order valence-electron chi connectivity index (χ1n) is 8.59. The van der Waals surface area contributed by atoms with Crippen LogP contribution in [-0.4, -0.2) is 35.0 Å². The number of nitrogens with one attached hydrogen (secondary N) is 1. The van der Waals surface area contributed by atoms with Gasteiger partial charge in [-0.3, -0.25) is 5.32 Å². The van der Waals surface area contributed by atoms with E-state index in [-0.39, 0.29) is 23.5 Å². The summed E-state index contributed by atoms with van der Waals surface area (Å²) in [4.78, 5) is 24.5. The number of nitrogens with two attached hydrogens (primary N) is 1. The minimum Gasteiger partial charge on any atom is -0.456 e. The van der Waals surface area contributed by atoms with Gasteiger partial charge in [-0.25, -0.2) is 9.59 Å². The summed E-state index contributed by atoms with van der Waals surface area (Å²) < 4.78 is 10.6. The summed E-state index contributed by atoms with van der Waals surface area (Å²) in [6, 6.07) is 3.29. The normalized spacial score (nSPS) is 11.8. The molecule has 0 spiro atoms. The van der Waals surface area contributed by atoms with Gasteiger partial charge in [0, 0.05) is 6.61 Å². The molecule has 0 radical (unpaired) electrons. The smallest absolute Gasteiger partial charge is 0.412 e. The van der Waals surface area contributed by atoms with E-state index in [2.05, 4.69) is 5.32 Å². The Morgan fingerprint density at radius 3 is 2.15 bits per heavy atom. The number of hydrogen-bond donors (Lipinski definition) is 3. The lowest BCUT2D eigenvalue weighted by atomic mass is 10.0. The van der Waals surface area contributed by atoms with Crippen molar-refractivity contribution in [3.63, 3.8) is 0 Å². The second-order valence-corrected chi connectivity index (χ2v) is 8.06. The molecular weight excluding hydrogens is 336 g/mol. The molecule has 0 aliphatic heterocycles. The highest BCUT2D eigenvalue weighted by molar-refractivity contribution is 6.01. The maximum absolute atomic E-state index is 12.5. The summed E-state index contributed by atoms with van der Waals surface area (Å²) in [5.41, 5.74) is 6.05. The number of aliphatic hydroxyl groups is 1. The van der Waals surface area contributed by atoms with Gasteiger partial charge in [0.15, 0.2) is 0 Å². The van der Waals surface area contributed by atoms with E-state index in [4.69, 9.17) is 20.3 Å². The molecule has 0 aliphatic rings. The maximum atomic E-state index is 12.5. The van der Waals surface area contributed by atoms with Crippen LogP contribution in [0.1, 0.15) is 63.9 Å². The second-order valence-electron chi connectivity index (χ2n) is 8.06. The number of carbonyl (C=O) groups excluding carboxylic acids is 2. The number of rotatable bonds is 5. The minimum atomic E-state index is -0.677. The van der Waals surface area contributed by atoms with Crippen molar-refractivity contribution in [3.8, 4) is 0 Å². The topological polar surface area (TPSA) is 111 Å². The summed E-state index contributed by atoms with van der Waals surface area (Å²) in [5.74, 6) is -0.576. The lowest BCUT2D eigenvalue weighted by molar-refractivity contribution is 0.00703. The average Bonchev–Trinajstić information content (AvgIpc) is 2.43. The van der Waals surface area contributed by atoms with Gasteiger partial charge in [-0.15, -0.1) is 0 Å². The first-order valence-corrected chi connectivity index (χ1v) is 8.59. The Kier molecular flexibility index (Phi) is 7.03. The number of aliphatic hydroxyl groups excluding tert-OH is 1. The number of hydrogen-bond acceptors (Lipinski definition) is 6. The molecule has 1 aromatic rings. The number of ether oxygens (including phenoxy) is 2. The van der Waals surface area contributed by atoms with Gasteiger partial charge >= 0.3 is 12.1 Å². The molecule has 7 nitrogen and oxygen atoms in total. The predicted molar refractivity (Wildman–Crippen MR) is 101 cm³/mol. The van der Waals surface area contributed by atoms with Gasteiger partial charge in [0.1, 0.15) is 11.2 Å². The molecule has 1 aromatic carbocycles. The first-order chi connectivity index (χ1) is 11.8. The lowest BCUT2D eigenvalue weighted by Crippen LogP contribution is -2.28. The Hall–Kier alpha value is -2.28. The zero-order chi connectivity index (χ0) is 20.1. The van der Waals surface area contributed by atoms with Crippen LogP contribution < -0.4 is 11.1 Å². The van der Waals surface area contributed by atoms with E-state index >= 15 is 0 Å². The molecule has 4 N–H and O–H groups in total. The lowest BCUT2D eigenvalue weighted by Gasteiger charge is -2.22. The van der Waals surface area contributed by atoms with Crippen molar-refractivity contribution in [2.75, 3.05) is 17.7 Å². The van der Waals surface area contributed by atoms with Crippen LogP contribution in [0, 0.1) is 0 Å². The Balaban J connectivity index is 3.21. The Morgan fingerprint density at radius 2 is 1.65 bits per heavy atom. The maximum Gasteiger partial charge on any atom is 0.412 e. The molecule has 0 aliphatic carbocycles. The Labute approximate surface area is 154 Å². The summed E-state index contributed by atoms with van der Waals surface area (Å²) in [6.07, 6.45) is 0.373. The molecule has 26 heavy (non-hydrogen) atoms. The van der Waals surface area contributed by atoms with E-state index in [1.54, 1.807) is 53.7 Å². The number of aryl methyl sites for hydroxylation is 1. The van der Waals surface area contributed by atoms with Gasteiger partial charge in [-0.1, -0.05) is 0 Å². The van der Waals surface area contributed by atoms with Crippen LogP contribution in [-0.2, 0) is 15.9 Å². The summed E-state index contributed by atoms with van der Waals surface area (Å²) >= 11 is 0. The number of amides is 1. The molecular formula is C19H30N2O5. The molecule has 0 fully saturated rings. The standard InChI is InChI=1S/C19H30N2O5/c1-18(2,3)25-16(23)13-10-12(8-7-9-22)11-14(15(13)20)21-17(24)26-19(4,5)6/h10-11,22H,7-9,20H2,1-6H3,(H,21,24). The predicted octanol–water partition coefficient (Wildman–Crippen LogP) is 3.50. The molecule has 0 atom stereocenters. The summed E-state index contributed by atoms with van der Waals surface area (Å²) in [5, 5.41) is 11.6. The van der Waals surface area contributed by atoms with E-state index in [0.717, 1.165) is 5.56 Å². The molecule has 0 bridgehead atoms. The van der Waals surface area contributed by atoms with Crippen LogP contribution in [0.25, 0.3) is 0 Å². The van der Waals surface area contributed by atoms with Crippen molar-refractivity contribution < 1.29 is 24.2 Å². The third kappa shape index (κ3) is 7.31. The minimum absolute atomic E-state index is 0.0149. The molecule has 0 heterocycles.